The first-order valence-corrected chi connectivity index (χ1v) is 10.9. The third-order valence-electron chi connectivity index (χ3n) is 6.79. The van der Waals surface area contributed by atoms with Gasteiger partial charge in [-0.05, 0) is 82.8 Å². The molecule has 0 amide bonds. The molecule has 0 unspecified atom stereocenters. The second-order valence-electron chi connectivity index (χ2n) is 10.4. The van der Waals surface area contributed by atoms with Crippen LogP contribution in [0.4, 0.5) is 0 Å². The van der Waals surface area contributed by atoms with E-state index in [1.165, 1.54) is 71.9 Å². The highest BCUT2D eigenvalue weighted by Crippen LogP contribution is 2.39. The van der Waals surface area contributed by atoms with Gasteiger partial charge >= 0.3 is 0 Å². The van der Waals surface area contributed by atoms with Crippen LogP contribution in [0.2, 0.25) is 0 Å². The minimum Gasteiger partial charge on any atom is -0.0802 e. The Hall–Kier alpha value is -2.08. The molecule has 0 aliphatic heterocycles. The monoisotopic (exact) mass is 370 g/mol. The molecular formula is C28H34. The van der Waals surface area contributed by atoms with Gasteiger partial charge in [0.05, 0.1) is 0 Å². The lowest BCUT2D eigenvalue weighted by Gasteiger charge is -2.29. The Bertz CT molecular complexity index is 809. The van der Waals surface area contributed by atoms with E-state index < -0.39 is 0 Å². The number of hydrogen-bond donors (Lipinski definition) is 0. The summed E-state index contributed by atoms with van der Waals surface area (Å²) < 4.78 is 0. The van der Waals surface area contributed by atoms with Gasteiger partial charge < -0.3 is 0 Å². The quantitative estimate of drug-likeness (QED) is 0.507. The molecule has 0 N–H and O–H groups in total. The Morgan fingerprint density at radius 3 is 1.11 bits per heavy atom. The van der Waals surface area contributed by atoms with Crippen molar-refractivity contribution in [2.45, 2.75) is 66.2 Å². The van der Waals surface area contributed by atoms with Gasteiger partial charge in [0.25, 0.3) is 0 Å². The number of hydrogen-bond acceptors (Lipinski definition) is 0. The van der Waals surface area contributed by atoms with Crippen LogP contribution in [0, 0.1) is 10.8 Å². The van der Waals surface area contributed by atoms with Gasteiger partial charge in [0, 0.05) is 0 Å². The number of allylic oxidation sites excluding steroid dienone is 4. The largest absolute Gasteiger partial charge is 0.0802 e. The SMILES string of the molecule is CC1(C)CC=C(c2ccc(-c3ccc(C4=CCC(C)(C)CC4)cc3)cc2)CC1. The van der Waals surface area contributed by atoms with E-state index in [1.807, 2.05) is 0 Å². The van der Waals surface area contributed by atoms with Crippen molar-refractivity contribution in [3.63, 3.8) is 0 Å². The molecule has 2 aromatic rings. The van der Waals surface area contributed by atoms with Crippen molar-refractivity contribution < 1.29 is 0 Å². The molecule has 0 saturated heterocycles. The van der Waals surface area contributed by atoms with Crippen LogP contribution < -0.4 is 0 Å². The molecule has 0 bridgehead atoms. The lowest BCUT2D eigenvalue weighted by atomic mass is 9.77. The molecule has 2 aliphatic carbocycles. The lowest BCUT2D eigenvalue weighted by molar-refractivity contribution is 0.335. The second-order valence-corrected chi connectivity index (χ2v) is 10.4. The smallest absolute Gasteiger partial charge is 0.0184 e. The first-order chi connectivity index (χ1) is 13.3. The van der Waals surface area contributed by atoms with Crippen molar-refractivity contribution in [1.82, 2.24) is 0 Å². The van der Waals surface area contributed by atoms with Crippen LogP contribution in [0.25, 0.3) is 22.3 Å². The van der Waals surface area contributed by atoms with Gasteiger partial charge in [-0.3, -0.25) is 0 Å². The summed E-state index contributed by atoms with van der Waals surface area (Å²) in [5.41, 5.74) is 9.39. The standard InChI is InChI=1S/C28H34/c1-27(2)17-13-25(14-18-27)23-9-5-21(6-10-23)22-7-11-24(12-8-22)26-15-19-28(3,4)20-16-26/h5-13,15H,14,16-20H2,1-4H3. The van der Waals surface area contributed by atoms with E-state index >= 15 is 0 Å². The fourth-order valence-corrected chi connectivity index (χ4v) is 4.43. The molecule has 0 radical (unpaired) electrons. The molecule has 0 spiro atoms. The molecule has 0 atom stereocenters. The van der Waals surface area contributed by atoms with Gasteiger partial charge in [-0.25, -0.2) is 0 Å². The van der Waals surface area contributed by atoms with Crippen molar-refractivity contribution >= 4 is 11.1 Å². The maximum absolute atomic E-state index is 2.45. The summed E-state index contributed by atoms with van der Waals surface area (Å²) in [6.45, 7) is 9.49. The molecule has 4 rings (SSSR count). The molecule has 146 valence electrons. The maximum Gasteiger partial charge on any atom is -0.0184 e. The predicted octanol–water partition coefficient (Wildman–Crippen LogP) is 8.54. The summed E-state index contributed by atoms with van der Waals surface area (Å²) in [5.74, 6) is 0. The summed E-state index contributed by atoms with van der Waals surface area (Å²) >= 11 is 0. The molecule has 0 nitrogen and oxygen atoms in total. The highest BCUT2D eigenvalue weighted by Gasteiger charge is 2.22. The van der Waals surface area contributed by atoms with E-state index in [2.05, 4.69) is 88.4 Å². The molecule has 2 aliphatic rings. The summed E-state index contributed by atoms with van der Waals surface area (Å²) in [5, 5.41) is 0. The highest BCUT2D eigenvalue weighted by molar-refractivity contribution is 5.73. The Kier molecular flexibility index (Phi) is 5.08. The number of rotatable bonds is 3. The maximum atomic E-state index is 2.45. The summed E-state index contributed by atoms with van der Waals surface area (Å²) in [6, 6.07) is 18.4. The average Bonchev–Trinajstić information content (AvgIpc) is 2.68. The third kappa shape index (κ3) is 4.32. The van der Waals surface area contributed by atoms with E-state index in [1.54, 1.807) is 0 Å². The van der Waals surface area contributed by atoms with Crippen LogP contribution in [-0.2, 0) is 0 Å². The van der Waals surface area contributed by atoms with Crippen LogP contribution in [0.5, 0.6) is 0 Å². The van der Waals surface area contributed by atoms with Crippen molar-refractivity contribution in [3.8, 4) is 11.1 Å². The third-order valence-corrected chi connectivity index (χ3v) is 6.79. The van der Waals surface area contributed by atoms with Gasteiger partial charge in [0.15, 0.2) is 0 Å². The topological polar surface area (TPSA) is 0 Å². The van der Waals surface area contributed by atoms with Crippen LogP contribution in [-0.4, -0.2) is 0 Å². The van der Waals surface area contributed by atoms with Crippen molar-refractivity contribution in [3.05, 3.63) is 71.8 Å². The fraction of sp³-hybridized carbons (Fsp3) is 0.429. The van der Waals surface area contributed by atoms with E-state index in [4.69, 9.17) is 0 Å². The van der Waals surface area contributed by atoms with Gasteiger partial charge in [0.2, 0.25) is 0 Å². The molecule has 0 aromatic heterocycles. The van der Waals surface area contributed by atoms with E-state index in [0.717, 1.165) is 0 Å². The van der Waals surface area contributed by atoms with E-state index in [-0.39, 0.29) is 0 Å². The van der Waals surface area contributed by atoms with Crippen LogP contribution in [0.15, 0.2) is 60.7 Å². The highest BCUT2D eigenvalue weighted by atomic mass is 14.3. The summed E-state index contributed by atoms with van der Waals surface area (Å²) in [7, 11) is 0. The van der Waals surface area contributed by atoms with Gasteiger partial charge in [0.1, 0.15) is 0 Å². The van der Waals surface area contributed by atoms with Crippen molar-refractivity contribution in [1.29, 1.82) is 0 Å². The zero-order chi connectivity index (χ0) is 19.8. The first kappa shape index (κ1) is 19.2. The summed E-state index contributed by atoms with van der Waals surface area (Å²) in [6.07, 6.45) is 12.3. The van der Waals surface area contributed by atoms with Gasteiger partial charge in [-0.2, -0.15) is 0 Å². The Morgan fingerprint density at radius 1 is 0.500 bits per heavy atom. The molecule has 0 heteroatoms. The second kappa shape index (κ2) is 7.39. The zero-order valence-electron chi connectivity index (χ0n) is 18.0. The average molecular weight is 371 g/mol. The Morgan fingerprint density at radius 2 is 0.821 bits per heavy atom. The van der Waals surface area contributed by atoms with Crippen LogP contribution in [0.3, 0.4) is 0 Å². The van der Waals surface area contributed by atoms with E-state index in [9.17, 15) is 0 Å². The van der Waals surface area contributed by atoms with E-state index in [0.29, 0.717) is 10.8 Å². The summed E-state index contributed by atoms with van der Waals surface area (Å²) in [4.78, 5) is 0. The molecule has 0 heterocycles. The van der Waals surface area contributed by atoms with Gasteiger partial charge in [-0.15, -0.1) is 0 Å². The Balaban J connectivity index is 1.48. The molecule has 0 fully saturated rings. The van der Waals surface area contributed by atoms with Gasteiger partial charge in [-0.1, -0.05) is 88.4 Å². The molecular weight excluding hydrogens is 336 g/mol. The number of benzene rings is 2. The minimum atomic E-state index is 0.467. The van der Waals surface area contributed by atoms with Crippen molar-refractivity contribution in [2.24, 2.45) is 10.8 Å². The van der Waals surface area contributed by atoms with Crippen molar-refractivity contribution in [2.75, 3.05) is 0 Å². The first-order valence-electron chi connectivity index (χ1n) is 10.9. The van der Waals surface area contributed by atoms with Crippen LogP contribution >= 0.6 is 0 Å². The zero-order valence-corrected chi connectivity index (χ0v) is 18.0. The Labute approximate surface area is 171 Å². The fourth-order valence-electron chi connectivity index (χ4n) is 4.43. The lowest BCUT2D eigenvalue weighted by Crippen LogP contribution is -2.14. The molecule has 2 aromatic carbocycles. The predicted molar refractivity (Wildman–Crippen MR) is 123 cm³/mol. The molecule has 28 heavy (non-hydrogen) atoms. The van der Waals surface area contributed by atoms with Crippen LogP contribution in [0.1, 0.15) is 77.3 Å². The minimum absolute atomic E-state index is 0.467. The normalized spacial score (nSPS) is 21.0. The molecule has 0 saturated carbocycles.